The topological polar surface area (TPSA) is 28.2 Å². The van der Waals surface area contributed by atoms with Crippen molar-refractivity contribution >= 4 is 5.82 Å². The van der Waals surface area contributed by atoms with Gasteiger partial charge >= 0.3 is 0 Å². The first kappa shape index (κ1) is 12.4. The summed E-state index contributed by atoms with van der Waals surface area (Å²) in [6, 6.07) is 6.33. The van der Waals surface area contributed by atoms with Gasteiger partial charge in [-0.3, -0.25) is 0 Å². The molecule has 0 aromatic carbocycles. The minimum absolute atomic E-state index is 0.772. The molecule has 17 heavy (non-hydrogen) atoms. The molecule has 94 valence electrons. The minimum atomic E-state index is 0.772. The zero-order valence-corrected chi connectivity index (χ0v) is 11.1. The molecule has 0 spiro atoms. The summed E-state index contributed by atoms with van der Waals surface area (Å²) in [5, 5.41) is 3.32. The molecule has 3 heteroatoms. The fourth-order valence-electron chi connectivity index (χ4n) is 2.31. The highest BCUT2D eigenvalue weighted by Crippen LogP contribution is 2.26. The third-order valence-corrected chi connectivity index (χ3v) is 3.66. The van der Waals surface area contributed by atoms with Gasteiger partial charge in [-0.2, -0.15) is 0 Å². The second kappa shape index (κ2) is 5.50. The summed E-state index contributed by atoms with van der Waals surface area (Å²) in [6.07, 6.45) is 0. The van der Waals surface area contributed by atoms with E-state index < -0.39 is 0 Å². The first-order chi connectivity index (χ1) is 8.20. The molecule has 1 aliphatic heterocycles. The summed E-state index contributed by atoms with van der Waals surface area (Å²) in [6.45, 7) is 10.9. The van der Waals surface area contributed by atoms with Gasteiger partial charge in [0.1, 0.15) is 5.82 Å². The van der Waals surface area contributed by atoms with Crippen LogP contribution in [0.2, 0.25) is 0 Å². The molecule has 0 amide bonds. The Morgan fingerprint density at radius 3 is 2.65 bits per heavy atom. The van der Waals surface area contributed by atoms with Crippen molar-refractivity contribution in [2.75, 3.05) is 24.5 Å². The van der Waals surface area contributed by atoms with Gasteiger partial charge in [0.25, 0.3) is 0 Å². The van der Waals surface area contributed by atoms with Gasteiger partial charge in [-0.05, 0) is 30.5 Å². The smallest absolute Gasteiger partial charge is 0.128 e. The third-order valence-electron chi connectivity index (χ3n) is 3.66. The zero-order valence-electron chi connectivity index (χ0n) is 11.1. The van der Waals surface area contributed by atoms with E-state index in [-0.39, 0.29) is 0 Å². The summed E-state index contributed by atoms with van der Waals surface area (Å²) >= 11 is 0. The van der Waals surface area contributed by atoms with Gasteiger partial charge in [-0.1, -0.05) is 26.8 Å². The maximum atomic E-state index is 4.72. The largest absolute Gasteiger partial charge is 0.356 e. The van der Waals surface area contributed by atoms with E-state index >= 15 is 0 Å². The standard InChI is InChI=1S/C14H23N3/c1-4-15-8-13-6-5-7-14(16-13)17-9-11(2)12(3)10-17/h5-7,11-12,15H,4,8-10H2,1-3H3. The lowest BCUT2D eigenvalue weighted by molar-refractivity contribution is 0.494. The van der Waals surface area contributed by atoms with Gasteiger partial charge in [-0.15, -0.1) is 0 Å². The first-order valence-electron chi connectivity index (χ1n) is 6.62. The van der Waals surface area contributed by atoms with Crippen LogP contribution in [0, 0.1) is 11.8 Å². The fourth-order valence-corrected chi connectivity index (χ4v) is 2.31. The fraction of sp³-hybridized carbons (Fsp3) is 0.643. The van der Waals surface area contributed by atoms with Gasteiger partial charge in [0.2, 0.25) is 0 Å². The summed E-state index contributed by atoms with van der Waals surface area (Å²) in [7, 11) is 0. The van der Waals surface area contributed by atoms with Crippen LogP contribution in [0.5, 0.6) is 0 Å². The summed E-state index contributed by atoms with van der Waals surface area (Å²) in [5.41, 5.74) is 1.14. The number of nitrogens with one attached hydrogen (secondary N) is 1. The molecule has 0 bridgehead atoms. The van der Waals surface area contributed by atoms with Crippen molar-refractivity contribution in [1.29, 1.82) is 0 Å². The first-order valence-corrected chi connectivity index (χ1v) is 6.62. The highest BCUT2D eigenvalue weighted by Gasteiger charge is 2.26. The van der Waals surface area contributed by atoms with E-state index in [0.29, 0.717) is 0 Å². The Balaban J connectivity index is 2.06. The zero-order chi connectivity index (χ0) is 12.3. The van der Waals surface area contributed by atoms with E-state index in [1.165, 1.54) is 0 Å². The van der Waals surface area contributed by atoms with Crippen LogP contribution >= 0.6 is 0 Å². The molecule has 0 aliphatic carbocycles. The van der Waals surface area contributed by atoms with Crippen LogP contribution in [0.15, 0.2) is 18.2 Å². The highest BCUT2D eigenvalue weighted by molar-refractivity contribution is 5.40. The van der Waals surface area contributed by atoms with E-state index in [1.807, 2.05) is 0 Å². The number of hydrogen-bond donors (Lipinski definition) is 1. The molecule has 0 radical (unpaired) electrons. The molecule has 0 saturated carbocycles. The molecule has 1 aromatic heterocycles. The average Bonchev–Trinajstić information content (AvgIpc) is 2.68. The molecule has 1 fully saturated rings. The highest BCUT2D eigenvalue weighted by atomic mass is 15.2. The van der Waals surface area contributed by atoms with Crippen molar-refractivity contribution in [3.05, 3.63) is 23.9 Å². The monoisotopic (exact) mass is 233 g/mol. The van der Waals surface area contributed by atoms with E-state index in [9.17, 15) is 0 Å². The second-order valence-corrected chi connectivity index (χ2v) is 5.13. The summed E-state index contributed by atoms with van der Waals surface area (Å²) < 4.78 is 0. The Morgan fingerprint density at radius 1 is 1.29 bits per heavy atom. The Labute approximate surface area is 104 Å². The van der Waals surface area contributed by atoms with E-state index in [1.54, 1.807) is 0 Å². The SMILES string of the molecule is CCNCc1cccc(N2CC(C)C(C)C2)n1. The third kappa shape index (κ3) is 2.97. The molecule has 1 saturated heterocycles. The van der Waals surface area contributed by atoms with Crippen LogP contribution in [0.4, 0.5) is 5.82 Å². The van der Waals surface area contributed by atoms with Gasteiger partial charge < -0.3 is 10.2 Å². The molecule has 1 N–H and O–H groups in total. The van der Waals surface area contributed by atoms with Crippen molar-refractivity contribution in [2.45, 2.75) is 27.3 Å². The molecule has 1 aromatic rings. The maximum Gasteiger partial charge on any atom is 0.128 e. The van der Waals surface area contributed by atoms with Crippen LogP contribution in [0.3, 0.4) is 0 Å². The van der Waals surface area contributed by atoms with E-state index in [0.717, 1.165) is 49.5 Å². The Morgan fingerprint density at radius 2 is 2.00 bits per heavy atom. The predicted molar refractivity (Wildman–Crippen MR) is 72.2 cm³/mol. The van der Waals surface area contributed by atoms with Crippen molar-refractivity contribution in [2.24, 2.45) is 11.8 Å². The van der Waals surface area contributed by atoms with Crippen molar-refractivity contribution < 1.29 is 0 Å². The van der Waals surface area contributed by atoms with Crippen LogP contribution in [0.1, 0.15) is 26.5 Å². The number of anilines is 1. The number of nitrogens with zero attached hydrogens (tertiary/aromatic N) is 2. The maximum absolute atomic E-state index is 4.72. The van der Waals surface area contributed by atoms with E-state index in [4.69, 9.17) is 4.98 Å². The number of pyridine rings is 1. The summed E-state index contributed by atoms with van der Waals surface area (Å²) in [4.78, 5) is 7.13. The van der Waals surface area contributed by atoms with Crippen molar-refractivity contribution in [1.82, 2.24) is 10.3 Å². The van der Waals surface area contributed by atoms with Crippen LogP contribution < -0.4 is 10.2 Å². The van der Waals surface area contributed by atoms with Gasteiger partial charge in [0.15, 0.2) is 0 Å². The Kier molecular flexibility index (Phi) is 4.00. The number of rotatable bonds is 4. The average molecular weight is 233 g/mol. The lowest BCUT2D eigenvalue weighted by Gasteiger charge is -2.17. The molecule has 2 heterocycles. The molecule has 3 nitrogen and oxygen atoms in total. The van der Waals surface area contributed by atoms with Crippen molar-refractivity contribution in [3.63, 3.8) is 0 Å². The summed E-state index contributed by atoms with van der Waals surface area (Å²) in [5.74, 6) is 2.68. The molecule has 2 rings (SSSR count). The van der Waals surface area contributed by atoms with Crippen LogP contribution in [-0.2, 0) is 6.54 Å². The second-order valence-electron chi connectivity index (χ2n) is 5.13. The molecular formula is C14H23N3. The van der Waals surface area contributed by atoms with E-state index in [2.05, 4.69) is 49.2 Å². The molecule has 2 unspecified atom stereocenters. The van der Waals surface area contributed by atoms with Gasteiger partial charge in [-0.25, -0.2) is 4.98 Å². The van der Waals surface area contributed by atoms with Crippen molar-refractivity contribution in [3.8, 4) is 0 Å². The van der Waals surface area contributed by atoms with Gasteiger partial charge in [0.05, 0.1) is 5.69 Å². The lowest BCUT2D eigenvalue weighted by Crippen LogP contribution is -2.22. The molecule has 1 aliphatic rings. The normalized spacial score (nSPS) is 24.3. The molecular weight excluding hydrogens is 210 g/mol. The minimum Gasteiger partial charge on any atom is -0.356 e. The van der Waals surface area contributed by atoms with Crippen LogP contribution in [0.25, 0.3) is 0 Å². The number of hydrogen-bond acceptors (Lipinski definition) is 3. The quantitative estimate of drug-likeness (QED) is 0.865. The Bertz CT molecular complexity index is 354. The molecule has 2 atom stereocenters. The number of aromatic nitrogens is 1. The lowest BCUT2D eigenvalue weighted by atomic mass is 10.0. The van der Waals surface area contributed by atoms with Crippen LogP contribution in [-0.4, -0.2) is 24.6 Å². The predicted octanol–water partition coefficient (Wildman–Crippen LogP) is 2.28. The van der Waals surface area contributed by atoms with Gasteiger partial charge in [0, 0.05) is 19.6 Å². The Hall–Kier alpha value is -1.09.